The van der Waals surface area contributed by atoms with Crippen LogP contribution in [0.25, 0.3) is 0 Å². The number of benzene rings is 1. The van der Waals surface area contributed by atoms with Gasteiger partial charge in [-0.15, -0.1) is 0 Å². The molecule has 0 fully saturated rings. The summed E-state index contributed by atoms with van der Waals surface area (Å²) in [5.41, 5.74) is 6.81. The maximum absolute atomic E-state index is 11.8. The summed E-state index contributed by atoms with van der Waals surface area (Å²) in [6.07, 6.45) is 5.39. The van der Waals surface area contributed by atoms with Crippen molar-refractivity contribution in [2.75, 3.05) is 13.1 Å². The van der Waals surface area contributed by atoms with Gasteiger partial charge in [-0.1, -0.05) is 63.4 Å². The molecule has 0 unspecified atom stereocenters. The number of alkyl carbamates (subject to hydrolysis) is 1. The molecule has 0 saturated heterocycles. The number of hydrogen-bond donors (Lipinski definition) is 3. The van der Waals surface area contributed by atoms with E-state index in [1.165, 1.54) is 0 Å². The second-order valence-electron chi connectivity index (χ2n) is 7.28. The minimum Gasteiger partial charge on any atom is -0.445 e. The smallest absolute Gasteiger partial charge is 0.407 e. The molecule has 0 saturated carbocycles. The van der Waals surface area contributed by atoms with Crippen LogP contribution in [0.15, 0.2) is 30.3 Å². The van der Waals surface area contributed by atoms with Crippen LogP contribution >= 0.6 is 0 Å². The molecule has 2 amide bonds. The number of hydrogen-bond acceptors (Lipinski definition) is 4. The molecule has 6 nitrogen and oxygen atoms in total. The Morgan fingerprint density at radius 3 is 2.19 bits per heavy atom. The van der Waals surface area contributed by atoms with Crippen LogP contribution in [0.2, 0.25) is 0 Å². The summed E-state index contributed by atoms with van der Waals surface area (Å²) in [6, 6.07) is 9.21. The molecule has 4 N–H and O–H groups in total. The maximum atomic E-state index is 11.8. The van der Waals surface area contributed by atoms with Crippen molar-refractivity contribution in [2.45, 2.75) is 65.0 Å². The van der Waals surface area contributed by atoms with Gasteiger partial charge in [-0.05, 0) is 30.7 Å². The van der Waals surface area contributed by atoms with Gasteiger partial charge in [0.2, 0.25) is 5.91 Å². The number of ether oxygens (including phenoxy) is 1. The third kappa shape index (κ3) is 12.0. The summed E-state index contributed by atoms with van der Waals surface area (Å²) in [5, 5.41) is 5.66. The van der Waals surface area contributed by atoms with Crippen molar-refractivity contribution < 1.29 is 14.3 Å². The highest BCUT2D eigenvalue weighted by molar-refractivity contribution is 5.81. The predicted octanol–water partition coefficient (Wildman–Crippen LogP) is 3.35. The topological polar surface area (TPSA) is 93.5 Å². The lowest BCUT2D eigenvalue weighted by Crippen LogP contribution is -2.41. The summed E-state index contributed by atoms with van der Waals surface area (Å²) in [7, 11) is 0. The SMILES string of the molecule is CC(C)C[C@H](N)C(=O)NCCCCCCCNC(=O)OCc1ccccc1. The number of carbonyl (C=O) groups excluding carboxylic acids is 2. The molecule has 1 atom stereocenters. The molecule has 27 heavy (non-hydrogen) atoms. The molecule has 0 aliphatic carbocycles. The van der Waals surface area contributed by atoms with E-state index in [9.17, 15) is 9.59 Å². The summed E-state index contributed by atoms with van der Waals surface area (Å²) in [6.45, 7) is 5.71. The fraction of sp³-hybridized carbons (Fsp3) is 0.619. The second-order valence-corrected chi connectivity index (χ2v) is 7.28. The molecular weight excluding hydrogens is 342 g/mol. The first-order valence-electron chi connectivity index (χ1n) is 9.97. The van der Waals surface area contributed by atoms with Crippen LogP contribution in [0.4, 0.5) is 4.79 Å². The zero-order valence-electron chi connectivity index (χ0n) is 16.7. The van der Waals surface area contributed by atoms with Crippen LogP contribution < -0.4 is 16.4 Å². The number of nitrogens with one attached hydrogen (secondary N) is 2. The van der Waals surface area contributed by atoms with E-state index in [0.717, 1.165) is 37.7 Å². The summed E-state index contributed by atoms with van der Waals surface area (Å²) in [4.78, 5) is 23.4. The average Bonchev–Trinajstić information content (AvgIpc) is 2.65. The molecule has 0 aliphatic heterocycles. The highest BCUT2D eigenvalue weighted by atomic mass is 16.5. The lowest BCUT2D eigenvalue weighted by Gasteiger charge is -2.14. The molecule has 0 spiro atoms. The Morgan fingerprint density at radius 1 is 0.963 bits per heavy atom. The van der Waals surface area contributed by atoms with Crippen molar-refractivity contribution in [3.05, 3.63) is 35.9 Å². The predicted molar refractivity (Wildman–Crippen MR) is 108 cm³/mol. The van der Waals surface area contributed by atoms with Crippen LogP contribution in [0.3, 0.4) is 0 Å². The number of amides is 2. The summed E-state index contributed by atoms with van der Waals surface area (Å²) in [5.74, 6) is 0.372. The second kappa shape index (κ2) is 14.0. The van der Waals surface area contributed by atoms with Crippen molar-refractivity contribution in [3.63, 3.8) is 0 Å². The van der Waals surface area contributed by atoms with E-state index in [-0.39, 0.29) is 12.0 Å². The van der Waals surface area contributed by atoms with E-state index in [4.69, 9.17) is 10.5 Å². The molecular formula is C21H35N3O3. The number of carbonyl (C=O) groups is 2. The van der Waals surface area contributed by atoms with Gasteiger partial charge in [-0.25, -0.2) is 4.79 Å². The molecule has 1 rings (SSSR count). The van der Waals surface area contributed by atoms with Crippen molar-refractivity contribution in [2.24, 2.45) is 11.7 Å². The Morgan fingerprint density at radius 2 is 1.56 bits per heavy atom. The summed E-state index contributed by atoms with van der Waals surface area (Å²) < 4.78 is 5.15. The number of rotatable bonds is 13. The molecule has 0 radical (unpaired) electrons. The van der Waals surface area contributed by atoms with Gasteiger partial charge in [0, 0.05) is 13.1 Å². The van der Waals surface area contributed by atoms with Gasteiger partial charge < -0.3 is 21.1 Å². The molecule has 152 valence electrons. The van der Waals surface area contributed by atoms with Crippen molar-refractivity contribution >= 4 is 12.0 Å². The third-order valence-corrected chi connectivity index (χ3v) is 4.20. The highest BCUT2D eigenvalue weighted by Gasteiger charge is 2.13. The van der Waals surface area contributed by atoms with Crippen molar-refractivity contribution in [1.29, 1.82) is 0 Å². The number of nitrogens with two attached hydrogens (primary N) is 1. The van der Waals surface area contributed by atoms with Gasteiger partial charge in [-0.2, -0.15) is 0 Å². The Kier molecular flexibility index (Phi) is 11.9. The monoisotopic (exact) mass is 377 g/mol. The largest absolute Gasteiger partial charge is 0.445 e. The van der Waals surface area contributed by atoms with E-state index in [1.54, 1.807) is 0 Å². The lowest BCUT2D eigenvalue weighted by atomic mass is 10.0. The van der Waals surface area contributed by atoms with Gasteiger partial charge in [-0.3, -0.25) is 4.79 Å². The first kappa shape index (κ1) is 23.0. The standard InChI is InChI=1S/C21H35N3O3/c1-17(2)15-19(22)20(25)23-13-9-4-3-5-10-14-24-21(26)27-16-18-11-7-6-8-12-18/h6-8,11-12,17,19H,3-5,9-10,13-16,22H2,1-2H3,(H,23,25)(H,24,26)/t19-/m0/s1. The van der Waals surface area contributed by atoms with E-state index < -0.39 is 6.04 Å². The van der Waals surface area contributed by atoms with Crippen molar-refractivity contribution in [1.82, 2.24) is 10.6 Å². The highest BCUT2D eigenvalue weighted by Crippen LogP contribution is 2.04. The first-order valence-corrected chi connectivity index (χ1v) is 9.97. The Balaban J connectivity index is 1.91. The molecule has 6 heteroatoms. The van der Waals surface area contributed by atoms with Gasteiger partial charge >= 0.3 is 6.09 Å². The fourth-order valence-electron chi connectivity index (χ4n) is 2.70. The molecule has 1 aromatic rings. The third-order valence-electron chi connectivity index (χ3n) is 4.20. The molecule has 0 aliphatic rings. The summed E-state index contributed by atoms with van der Waals surface area (Å²) >= 11 is 0. The Labute approximate surface area is 163 Å². The molecule has 0 bridgehead atoms. The minimum atomic E-state index is -0.405. The maximum Gasteiger partial charge on any atom is 0.407 e. The molecule has 1 aromatic carbocycles. The van der Waals surface area contributed by atoms with Crippen LogP contribution in [-0.2, 0) is 16.1 Å². The molecule has 0 heterocycles. The van der Waals surface area contributed by atoms with E-state index in [1.807, 2.05) is 30.3 Å². The fourth-order valence-corrected chi connectivity index (χ4v) is 2.70. The van der Waals surface area contributed by atoms with Crippen LogP contribution in [0.5, 0.6) is 0 Å². The number of unbranched alkanes of at least 4 members (excludes halogenated alkanes) is 4. The minimum absolute atomic E-state index is 0.0538. The Bertz CT molecular complexity index is 535. The van der Waals surface area contributed by atoms with Gasteiger partial charge in [0.05, 0.1) is 6.04 Å². The Hall–Kier alpha value is -2.08. The van der Waals surface area contributed by atoms with Gasteiger partial charge in [0.25, 0.3) is 0 Å². The van der Waals surface area contributed by atoms with E-state index in [2.05, 4.69) is 24.5 Å². The lowest BCUT2D eigenvalue weighted by molar-refractivity contribution is -0.122. The zero-order chi connectivity index (χ0) is 19.9. The molecule has 0 aromatic heterocycles. The van der Waals surface area contributed by atoms with Crippen molar-refractivity contribution in [3.8, 4) is 0 Å². The van der Waals surface area contributed by atoms with Crippen LogP contribution in [0.1, 0.15) is 57.9 Å². The zero-order valence-corrected chi connectivity index (χ0v) is 16.7. The van der Waals surface area contributed by atoms with Gasteiger partial charge in [0.15, 0.2) is 0 Å². The van der Waals surface area contributed by atoms with Gasteiger partial charge in [0.1, 0.15) is 6.61 Å². The van der Waals surface area contributed by atoms with E-state index >= 15 is 0 Å². The average molecular weight is 378 g/mol. The quantitative estimate of drug-likeness (QED) is 0.460. The normalized spacial score (nSPS) is 11.9. The first-order chi connectivity index (χ1) is 13.0. The van der Waals surface area contributed by atoms with E-state index in [0.29, 0.717) is 32.0 Å². The van der Waals surface area contributed by atoms with Crippen LogP contribution in [-0.4, -0.2) is 31.1 Å². The van der Waals surface area contributed by atoms with Crippen LogP contribution in [0, 0.1) is 5.92 Å².